The second kappa shape index (κ2) is 7.37. The van der Waals surface area contributed by atoms with Crippen LogP contribution in [0, 0.1) is 0 Å². The second-order valence-corrected chi connectivity index (χ2v) is 5.85. The molecule has 0 aromatic heterocycles. The second-order valence-electron chi connectivity index (χ2n) is 4.69. The number of benzene rings is 2. The summed E-state index contributed by atoms with van der Waals surface area (Å²) in [5, 5.41) is 9.56. The average molecular weight is 272 g/mol. The summed E-state index contributed by atoms with van der Waals surface area (Å²) in [6.45, 7) is 1.80. The highest BCUT2D eigenvalue weighted by molar-refractivity contribution is 7.99. The fourth-order valence-electron chi connectivity index (χ4n) is 1.98. The molecule has 0 aliphatic heterocycles. The van der Waals surface area contributed by atoms with Gasteiger partial charge in [-0.2, -0.15) is 0 Å². The third kappa shape index (κ3) is 4.73. The van der Waals surface area contributed by atoms with Crippen molar-refractivity contribution in [3.63, 3.8) is 0 Å². The Labute approximate surface area is 119 Å². The molecule has 19 heavy (non-hydrogen) atoms. The molecule has 0 saturated carbocycles. The van der Waals surface area contributed by atoms with Crippen LogP contribution in [-0.2, 0) is 6.42 Å². The van der Waals surface area contributed by atoms with Crippen LogP contribution in [0.4, 0.5) is 0 Å². The number of rotatable bonds is 6. The molecular weight excluding hydrogens is 252 g/mol. The van der Waals surface area contributed by atoms with E-state index in [0.29, 0.717) is 0 Å². The van der Waals surface area contributed by atoms with Crippen molar-refractivity contribution in [3.8, 4) is 0 Å². The van der Waals surface area contributed by atoms with Crippen LogP contribution < -0.4 is 0 Å². The van der Waals surface area contributed by atoms with Crippen LogP contribution in [0.2, 0.25) is 0 Å². The zero-order valence-corrected chi connectivity index (χ0v) is 12.1. The van der Waals surface area contributed by atoms with E-state index in [4.69, 9.17) is 0 Å². The van der Waals surface area contributed by atoms with Gasteiger partial charge in [0.05, 0.1) is 6.10 Å². The van der Waals surface area contributed by atoms with Crippen molar-refractivity contribution in [1.82, 2.24) is 0 Å². The third-order valence-electron chi connectivity index (χ3n) is 3.06. The molecule has 2 aromatic rings. The molecule has 0 aliphatic carbocycles. The first-order valence-corrected chi connectivity index (χ1v) is 7.69. The van der Waals surface area contributed by atoms with Crippen molar-refractivity contribution in [2.45, 2.75) is 30.8 Å². The quantitative estimate of drug-likeness (QED) is 0.618. The largest absolute Gasteiger partial charge is 0.389 e. The van der Waals surface area contributed by atoms with E-state index in [1.807, 2.05) is 23.9 Å². The SMILES string of the molecule is CC(O)c1cccc(SCCCc2ccccc2)c1. The maximum atomic E-state index is 9.56. The van der Waals surface area contributed by atoms with Gasteiger partial charge in [0.1, 0.15) is 0 Å². The van der Waals surface area contributed by atoms with E-state index in [2.05, 4.69) is 42.5 Å². The predicted octanol–water partition coefficient (Wildman–Crippen LogP) is 4.46. The number of thioether (sulfide) groups is 1. The highest BCUT2D eigenvalue weighted by Crippen LogP contribution is 2.23. The van der Waals surface area contributed by atoms with Gasteiger partial charge in [-0.3, -0.25) is 0 Å². The smallest absolute Gasteiger partial charge is 0.0762 e. The minimum Gasteiger partial charge on any atom is -0.389 e. The van der Waals surface area contributed by atoms with Crippen LogP contribution >= 0.6 is 11.8 Å². The Bertz CT molecular complexity index is 494. The Kier molecular flexibility index (Phi) is 5.49. The first-order valence-electron chi connectivity index (χ1n) is 6.70. The molecular formula is C17H20OS. The van der Waals surface area contributed by atoms with E-state index in [0.717, 1.165) is 17.7 Å². The summed E-state index contributed by atoms with van der Waals surface area (Å²) in [6, 6.07) is 18.8. The van der Waals surface area contributed by atoms with E-state index in [-0.39, 0.29) is 6.10 Å². The highest BCUT2D eigenvalue weighted by Gasteiger charge is 2.02. The fourth-order valence-corrected chi connectivity index (χ4v) is 2.89. The maximum Gasteiger partial charge on any atom is 0.0762 e. The number of aliphatic hydroxyl groups excluding tert-OH is 1. The number of aliphatic hydroxyl groups is 1. The topological polar surface area (TPSA) is 20.2 Å². The number of aryl methyl sites for hydroxylation is 1. The van der Waals surface area contributed by atoms with Gasteiger partial charge in [-0.1, -0.05) is 42.5 Å². The molecule has 100 valence electrons. The standard InChI is InChI=1S/C17H20OS/c1-14(18)16-10-5-11-17(13-16)19-12-6-9-15-7-3-2-4-8-15/h2-5,7-8,10-11,13-14,18H,6,9,12H2,1H3. The number of hydrogen-bond donors (Lipinski definition) is 1. The van der Waals surface area contributed by atoms with Crippen LogP contribution in [0.25, 0.3) is 0 Å². The van der Waals surface area contributed by atoms with Crippen molar-refractivity contribution >= 4 is 11.8 Å². The molecule has 0 spiro atoms. The Morgan fingerprint density at radius 1 is 1.05 bits per heavy atom. The summed E-state index contributed by atoms with van der Waals surface area (Å²) in [5.41, 5.74) is 2.40. The third-order valence-corrected chi connectivity index (χ3v) is 4.14. The molecule has 1 N–H and O–H groups in total. The Morgan fingerprint density at radius 2 is 1.84 bits per heavy atom. The minimum atomic E-state index is -0.384. The molecule has 0 bridgehead atoms. The van der Waals surface area contributed by atoms with Crippen LogP contribution in [0.15, 0.2) is 59.5 Å². The van der Waals surface area contributed by atoms with Gasteiger partial charge in [-0.05, 0) is 48.8 Å². The van der Waals surface area contributed by atoms with E-state index >= 15 is 0 Å². The zero-order valence-electron chi connectivity index (χ0n) is 11.3. The van der Waals surface area contributed by atoms with Gasteiger partial charge in [0.2, 0.25) is 0 Å². The summed E-state index contributed by atoms with van der Waals surface area (Å²) in [6.07, 6.45) is 1.92. The summed E-state index contributed by atoms with van der Waals surface area (Å²) in [7, 11) is 0. The van der Waals surface area contributed by atoms with Crippen molar-refractivity contribution < 1.29 is 5.11 Å². The van der Waals surface area contributed by atoms with Gasteiger partial charge in [0.15, 0.2) is 0 Å². The van der Waals surface area contributed by atoms with Crippen molar-refractivity contribution in [2.24, 2.45) is 0 Å². The molecule has 0 radical (unpaired) electrons. The summed E-state index contributed by atoms with van der Waals surface area (Å²) in [5.74, 6) is 1.11. The Morgan fingerprint density at radius 3 is 2.58 bits per heavy atom. The molecule has 2 aromatic carbocycles. The molecule has 1 nitrogen and oxygen atoms in total. The van der Waals surface area contributed by atoms with E-state index in [9.17, 15) is 5.11 Å². The van der Waals surface area contributed by atoms with Gasteiger partial charge >= 0.3 is 0 Å². The maximum absolute atomic E-state index is 9.56. The molecule has 1 atom stereocenters. The molecule has 0 saturated heterocycles. The van der Waals surface area contributed by atoms with E-state index < -0.39 is 0 Å². The van der Waals surface area contributed by atoms with Crippen LogP contribution in [0.3, 0.4) is 0 Å². The molecule has 1 unspecified atom stereocenters. The van der Waals surface area contributed by atoms with Crippen molar-refractivity contribution in [2.75, 3.05) is 5.75 Å². The lowest BCUT2D eigenvalue weighted by Crippen LogP contribution is -1.91. The first-order chi connectivity index (χ1) is 9.25. The van der Waals surface area contributed by atoms with Crippen molar-refractivity contribution in [3.05, 3.63) is 65.7 Å². The van der Waals surface area contributed by atoms with Gasteiger partial charge in [0.25, 0.3) is 0 Å². The lowest BCUT2D eigenvalue weighted by molar-refractivity contribution is 0.199. The molecule has 0 heterocycles. The van der Waals surface area contributed by atoms with Gasteiger partial charge in [-0.15, -0.1) is 11.8 Å². The van der Waals surface area contributed by atoms with Gasteiger partial charge in [-0.25, -0.2) is 0 Å². The van der Waals surface area contributed by atoms with Crippen LogP contribution in [0.5, 0.6) is 0 Å². The number of hydrogen-bond acceptors (Lipinski definition) is 2. The lowest BCUT2D eigenvalue weighted by atomic mass is 10.1. The normalized spacial score (nSPS) is 12.3. The van der Waals surface area contributed by atoms with Crippen molar-refractivity contribution in [1.29, 1.82) is 0 Å². The lowest BCUT2D eigenvalue weighted by Gasteiger charge is -2.07. The van der Waals surface area contributed by atoms with Gasteiger partial charge in [0, 0.05) is 4.90 Å². The summed E-state index contributed by atoms with van der Waals surface area (Å²) < 4.78 is 0. The zero-order chi connectivity index (χ0) is 13.5. The van der Waals surface area contributed by atoms with Gasteiger partial charge < -0.3 is 5.11 Å². The van der Waals surface area contributed by atoms with Crippen LogP contribution in [0.1, 0.15) is 30.6 Å². The Balaban J connectivity index is 1.78. The predicted molar refractivity (Wildman–Crippen MR) is 82.6 cm³/mol. The molecule has 0 fully saturated rings. The average Bonchev–Trinajstić information content (AvgIpc) is 2.45. The molecule has 0 aliphatic rings. The van der Waals surface area contributed by atoms with Crippen LogP contribution in [-0.4, -0.2) is 10.9 Å². The van der Waals surface area contributed by atoms with E-state index in [1.54, 1.807) is 6.92 Å². The monoisotopic (exact) mass is 272 g/mol. The molecule has 0 amide bonds. The highest BCUT2D eigenvalue weighted by atomic mass is 32.2. The summed E-state index contributed by atoms with van der Waals surface area (Å²) >= 11 is 1.86. The molecule has 2 rings (SSSR count). The molecule has 2 heteroatoms. The summed E-state index contributed by atoms with van der Waals surface area (Å²) in [4.78, 5) is 1.24. The van der Waals surface area contributed by atoms with E-state index in [1.165, 1.54) is 16.9 Å². The minimum absolute atomic E-state index is 0.384. The first kappa shape index (κ1) is 14.2. The fraction of sp³-hybridized carbons (Fsp3) is 0.294. The Hall–Kier alpha value is -1.25.